The number of hydrogen-bond donors (Lipinski definition) is 1. The van der Waals surface area contributed by atoms with Gasteiger partial charge in [-0.05, 0) is 0 Å². The molecule has 0 spiro atoms. The van der Waals surface area contributed by atoms with E-state index in [1.54, 1.807) is 0 Å². The van der Waals surface area contributed by atoms with Gasteiger partial charge in [0.05, 0.1) is 0 Å². The van der Waals surface area contributed by atoms with E-state index < -0.39 is 18.9 Å². The van der Waals surface area contributed by atoms with Gasteiger partial charge in [-0.1, -0.05) is 0 Å². The van der Waals surface area contributed by atoms with Gasteiger partial charge < -0.3 is 0 Å². The van der Waals surface area contributed by atoms with Gasteiger partial charge in [0, 0.05) is 0 Å². The van der Waals surface area contributed by atoms with E-state index in [4.69, 9.17) is 0 Å². The molecule has 10 heavy (non-hydrogen) atoms. The second-order valence-electron chi connectivity index (χ2n) is 4.27. The standard InChI is InChI=1S/C8H16GeO/c1-7-5-9(3,4)6-8(7,2)10/h5,10H,6H2,1-4H3. The summed E-state index contributed by atoms with van der Waals surface area (Å²) in [7, 11) is 0. The fourth-order valence-electron chi connectivity index (χ4n) is 1.82. The molecule has 1 aliphatic heterocycles. The minimum atomic E-state index is -1.62. The fraction of sp³-hybridized carbons (Fsp3) is 0.750. The molecule has 0 radical (unpaired) electrons. The van der Waals surface area contributed by atoms with Crippen molar-refractivity contribution in [3.05, 3.63) is 10.5 Å². The molecule has 0 aromatic rings. The van der Waals surface area contributed by atoms with E-state index in [1.807, 2.05) is 13.8 Å². The molecule has 1 N–H and O–H groups in total. The van der Waals surface area contributed by atoms with Crippen molar-refractivity contribution in [2.45, 2.75) is 36.2 Å². The van der Waals surface area contributed by atoms with E-state index in [0.717, 1.165) is 5.25 Å². The van der Waals surface area contributed by atoms with Gasteiger partial charge in [-0.3, -0.25) is 0 Å². The first-order valence-electron chi connectivity index (χ1n) is 3.76. The molecule has 2 heteroatoms. The first kappa shape index (κ1) is 8.34. The molecular weight excluding hydrogens is 185 g/mol. The zero-order chi connectivity index (χ0) is 7.99. The van der Waals surface area contributed by atoms with Crippen molar-refractivity contribution in [2.24, 2.45) is 0 Å². The number of rotatable bonds is 0. The van der Waals surface area contributed by atoms with Crippen LogP contribution in [0.15, 0.2) is 10.5 Å². The molecule has 0 aromatic carbocycles. The van der Waals surface area contributed by atoms with Gasteiger partial charge in [0.2, 0.25) is 0 Å². The zero-order valence-electron chi connectivity index (χ0n) is 7.23. The Balaban J connectivity index is 2.89. The van der Waals surface area contributed by atoms with Crippen LogP contribution in [0.1, 0.15) is 13.8 Å². The Bertz CT molecular complexity index is 180. The molecule has 0 amide bonds. The van der Waals surface area contributed by atoms with Crippen molar-refractivity contribution >= 4 is 13.3 Å². The molecule has 0 fully saturated rings. The third-order valence-corrected chi connectivity index (χ3v) is 8.16. The SMILES string of the molecule is CC1=[CH][Ge]([CH3])([CH3])[CH2]C1(C)O. The molecule has 1 atom stereocenters. The Morgan fingerprint density at radius 2 is 2.10 bits per heavy atom. The molecule has 0 bridgehead atoms. The van der Waals surface area contributed by atoms with Gasteiger partial charge >= 0.3 is 65.1 Å². The number of aliphatic hydroxyl groups is 1. The van der Waals surface area contributed by atoms with Crippen molar-refractivity contribution in [3.8, 4) is 0 Å². The molecular formula is C8H16GeO. The topological polar surface area (TPSA) is 20.2 Å². The van der Waals surface area contributed by atoms with Crippen LogP contribution in [0.2, 0.25) is 16.8 Å². The quantitative estimate of drug-likeness (QED) is 0.593. The summed E-state index contributed by atoms with van der Waals surface area (Å²) in [6, 6.07) is 0. The van der Waals surface area contributed by atoms with Crippen LogP contribution in [0.3, 0.4) is 0 Å². The molecule has 0 aliphatic carbocycles. The van der Waals surface area contributed by atoms with Gasteiger partial charge in [-0.15, -0.1) is 0 Å². The first-order chi connectivity index (χ1) is 4.33. The Morgan fingerprint density at radius 3 is 2.20 bits per heavy atom. The predicted octanol–water partition coefficient (Wildman–Crippen LogP) is 1.94. The summed E-state index contributed by atoms with van der Waals surface area (Å²) in [6.45, 7) is 3.97. The van der Waals surface area contributed by atoms with E-state index in [0.29, 0.717) is 0 Å². The van der Waals surface area contributed by atoms with E-state index in [1.165, 1.54) is 5.57 Å². The average molecular weight is 201 g/mol. The van der Waals surface area contributed by atoms with Crippen molar-refractivity contribution in [3.63, 3.8) is 0 Å². The summed E-state index contributed by atoms with van der Waals surface area (Å²) in [5.74, 6) is 4.68. The molecule has 0 saturated carbocycles. The molecule has 1 unspecified atom stereocenters. The van der Waals surface area contributed by atoms with Crippen LogP contribution in [0, 0.1) is 0 Å². The van der Waals surface area contributed by atoms with Crippen LogP contribution in [0.4, 0.5) is 0 Å². The molecule has 0 saturated heterocycles. The molecule has 1 rings (SSSR count). The minimum absolute atomic E-state index is 0.469. The van der Waals surface area contributed by atoms with Gasteiger partial charge in [0.25, 0.3) is 0 Å². The van der Waals surface area contributed by atoms with Gasteiger partial charge in [-0.25, -0.2) is 0 Å². The van der Waals surface area contributed by atoms with Gasteiger partial charge in [0.15, 0.2) is 0 Å². The maximum absolute atomic E-state index is 9.78. The van der Waals surface area contributed by atoms with Gasteiger partial charge in [-0.2, -0.15) is 0 Å². The third-order valence-electron chi connectivity index (χ3n) is 2.26. The van der Waals surface area contributed by atoms with E-state index in [9.17, 15) is 5.11 Å². The summed E-state index contributed by atoms with van der Waals surface area (Å²) in [6.07, 6.45) is 0. The van der Waals surface area contributed by atoms with E-state index in [-0.39, 0.29) is 0 Å². The Hall–Kier alpha value is 0.243. The first-order valence-corrected chi connectivity index (χ1v) is 10.6. The van der Waals surface area contributed by atoms with Crippen molar-refractivity contribution in [1.82, 2.24) is 0 Å². The summed E-state index contributed by atoms with van der Waals surface area (Å²) in [4.78, 5) is 2.35. The summed E-state index contributed by atoms with van der Waals surface area (Å²) in [5.41, 5.74) is 0.723. The monoisotopic (exact) mass is 202 g/mol. The summed E-state index contributed by atoms with van der Waals surface area (Å²) < 4.78 is 0. The molecule has 0 aromatic heterocycles. The maximum atomic E-state index is 9.78. The normalized spacial score (nSPS) is 37.9. The van der Waals surface area contributed by atoms with Crippen LogP contribution in [-0.2, 0) is 0 Å². The van der Waals surface area contributed by atoms with Crippen molar-refractivity contribution in [2.75, 3.05) is 0 Å². The van der Waals surface area contributed by atoms with Crippen LogP contribution in [0.25, 0.3) is 0 Å². The van der Waals surface area contributed by atoms with Crippen LogP contribution in [-0.4, -0.2) is 24.0 Å². The average Bonchev–Trinajstić information content (AvgIpc) is 1.73. The van der Waals surface area contributed by atoms with Crippen LogP contribution in [0.5, 0.6) is 0 Å². The fourth-order valence-corrected chi connectivity index (χ4v) is 9.45. The van der Waals surface area contributed by atoms with Crippen molar-refractivity contribution < 1.29 is 5.11 Å². The molecule has 1 nitrogen and oxygen atoms in total. The van der Waals surface area contributed by atoms with Crippen molar-refractivity contribution in [1.29, 1.82) is 0 Å². The zero-order valence-corrected chi connectivity index (χ0v) is 9.33. The predicted molar refractivity (Wildman–Crippen MR) is 46.7 cm³/mol. The summed E-state index contributed by atoms with van der Waals surface area (Å²) in [5, 5.41) is 10.8. The van der Waals surface area contributed by atoms with Crippen LogP contribution < -0.4 is 0 Å². The van der Waals surface area contributed by atoms with E-state index in [2.05, 4.69) is 16.4 Å². The molecule has 1 aliphatic rings. The van der Waals surface area contributed by atoms with Crippen LogP contribution >= 0.6 is 0 Å². The van der Waals surface area contributed by atoms with Gasteiger partial charge in [0.1, 0.15) is 0 Å². The molecule has 1 heterocycles. The van der Waals surface area contributed by atoms with E-state index >= 15 is 0 Å². The second-order valence-corrected chi connectivity index (χ2v) is 14.0. The third kappa shape index (κ3) is 1.45. The molecule has 58 valence electrons. The summed E-state index contributed by atoms with van der Waals surface area (Å²) >= 11 is -1.62. The number of hydrogen-bond acceptors (Lipinski definition) is 1. The Kier molecular flexibility index (Phi) is 1.76. The Labute approximate surface area is 65.5 Å². The Morgan fingerprint density at radius 1 is 1.60 bits per heavy atom. The second kappa shape index (κ2) is 2.11.